The van der Waals surface area contributed by atoms with Crippen LogP contribution in [0, 0.1) is 0 Å². The molecule has 0 bridgehead atoms. The smallest absolute Gasteiger partial charge is 0.181 e. The zero-order chi connectivity index (χ0) is 28.7. The highest BCUT2D eigenvalue weighted by atomic mass is 32.1. The number of carbonyl (C=O) groups is 1. The van der Waals surface area contributed by atoms with E-state index < -0.39 is 0 Å². The molecule has 0 radical (unpaired) electrons. The summed E-state index contributed by atoms with van der Waals surface area (Å²) in [6.07, 6.45) is 8.95. The molecule has 0 spiro atoms. The number of hydrogen-bond donors (Lipinski definition) is 0. The predicted molar refractivity (Wildman–Crippen MR) is 177 cm³/mol. The second kappa shape index (κ2) is 13.4. The lowest BCUT2D eigenvalue weighted by molar-refractivity contribution is 0.112. The first kappa shape index (κ1) is 28.2. The monoisotopic (exact) mass is 590 g/mol. The zero-order valence-corrected chi connectivity index (χ0v) is 25.4. The van der Waals surface area contributed by atoms with Gasteiger partial charge >= 0.3 is 0 Å². The van der Waals surface area contributed by atoms with E-state index in [1.807, 2.05) is 12.1 Å². The van der Waals surface area contributed by atoms with Gasteiger partial charge in [0, 0.05) is 0 Å². The summed E-state index contributed by atoms with van der Waals surface area (Å²) in [6.45, 7) is 3.29. The minimum Gasteiger partial charge on any atom is -0.485 e. The van der Waals surface area contributed by atoms with Gasteiger partial charge in [-0.1, -0.05) is 111 Å². The summed E-state index contributed by atoms with van der Waals surface area (Å²) in [5.74, 6) is 1.63. The molecule has 0 saturated heterocycles. The lowest BCUT2D eigenvalue weighted by Gasteiger charge is -2.17. The first-order valence-electron chi connectivity index (χ1n) is 14.7. The molecule has 42 heavy (non-hydrogen) atoms. The van der Waals surface area contributed by atoms with Crippen molar-refractivity contribution in [2.75, 3.05) is 13.2 Å². The normalized spacial score (nSPS) is 12.2. The quantitative estimate of drug-likeness (QED) is 0.0872. The molecule has 0 amide bonds. The predicted octanol–water partition coefficient (Wildman–Crippen LogP) is 10.4. The number of hydrogen-bond acceptors (Lipinski definition) is 5. The van der Waals surface area contributed by atoms with Crippen LogP contribution in [0.25, 0.3) is 31.8 Å². The fourth-order valence-electron chi connectivity index (χ4n) is 5.38. The SMILES string of the molecule is CCCCCCc1cc(C=O)sc1-c1sc(-c2ccc(C=C(c3ccccc3)c3ccccc3)cc2)c2c1OCCO2. The van der Waals surface area contributed by atoms with Crippen LogP contribution in [0.3, 0.4) is 0 Å². The number of aldehydes is 1. The van der Waals surface area contributed by atoms with E-state index in [1.54, 1.807) is 22.7 Å². The molecular formula is C37H34O3S2. The Bertz CT molecular complexity index is 1620. The Morgan fingerprint density at radius 3 is 2.00 bits per heavy atom. The van der Waals surface area contributed by atoms with Crippen molar-refractivity contribution in [2.24, 2.45) is 0 Å². The molecule has 3 heterocycles. The molecular weight excluding hydrogens is 557 g/mol. The number of fused-ring (bicyclic) bond motifs is 1. The summed E-state index contributed by atoms with van der Waals surface area (Å²) in [6, 6.07) is 31.8. The molecule has 212 valence electrons. The van der Waals surface area contributed by atoms with Crippen LogP contribution in [-0.2, 0) is 6.42 Å². The third-order valence-electron chi connectivity index (χ3n) is 7.50. The first-order valence-corrected chi connectivity index (χ1v) is 16.3. The Morgan fingerprint density at radius 2 is 1.38 bits per heavy atom. The molecule has 3 nitrogen and oxygen atoms in total. The van der Waals surface area contributed by atoms with Gasteiger partial charge in [0.2, 0.25) is 0 Å². The summed E-state index contributed by atoms with van der Waals surface area (Å²) >= 11 is 3.27. The maximum atomic E-state index is 11.7. The Labute approximate surface area is 256 Å². The Balaban J connectivity index is 1.35. The van der Waals surface area contributed by atoms with Gasteiger partial charge in [0.1, 0.15) is 13.2 Å². The van der Waals surface area contributed by atoms with Crippen molar-refractivity contribution >= 4 is 40.6 Å². The molecule has 0 unspecified atom stereocenters. The van der Waals surface area contributed by atoms with Crippen LogP contribution < -0.4 is 9.47 Å². The molecule has 0 atom stereocenters. The van der Waals surface area contributed by atoms with Crippen molar-refractivity contribution in [3.05, 3.63) is 118 Å². The van der Waals surface area contributed by atoms with Gasteiger partial charge in [-0.25, -0.2) is 0 Å². The average molecular weight is 591 g/mol. The van der Waals surface area contributed by atoms with Crippen LogP contribution in [0.5, 0.6) is 11.5 Å². The number of rotatable bonds is 11. The number of ether oxygens (including phenoxy) is 2. The summed E-state index contributed by atoms with van der Waals surface area (Å²) in [7, 11) is 0. The van der Waals surface area contributed by atoms with Gasteiger partial charge in [0.25, 0.3) is 0 Å². The van der Waals surface area contributed by atoms with Crippen molar-refractivity contribution in [3.63, 3.8) is 0 Å². The van der Waals surface area contributed by atoms with Gasteiger partial charge in [-0.2, -0.15) is 0 Å². The highest BCUT2D eigenvalue weighted by molar-refractivity contribution is 7.25. The third kappa shape index (κ3) is 6.13. The second-order valence-electron chi connectivity index (χ2n) is 10.5. The number of thiophene rings is 2. The number of carbonyl (C=O) groups excluding carboxylic acids is 1. The van der Waals surface area contributed by atoms with Crippen LogP contribution >= 0.6 is 22.7 Å². The molecule has 1 aliphatic heterocycles. The van der Waals surface area contributed by atoms with E-state index in [1.165, 1.54) is 41.5 Å². The lowest BCUT2D eigenvalue weighted by Crippen LogP contribution is -2.14. The van der Waals surface area contributed by atoms with Crippen LogP contribution in [0.15, 0.2) is 91.0 Å². The molecule has 5 aromatic rings. The molecule has 3 aromatic carbocycles. The van der Waals surface area contributed by atoms with E-state index in [0.29, 0.717) is 13.2 Å². The zero-order valence-electron chi connectivity index (χ0n) is 23.8. The molecule has 2 aromatic heterocycles. The standard InChI is InChI=1S/C37H34O3S2/c1-2-3-4-7-16-30-24-31(25-38)41-36(30)37-34-33(39-21-22-40-34)35(42-37)29-19-17-26(18-20-29)23-32(27-12-8-5-9-13-27)28-14-10-6-11-15-28/h5-6,8-15,17-20,23-25H,2-4,7,16,21-22H2,1H3. The van der Waals surface area contributed by atoms with Crippen molar-refractivity contribution in [1.29, 1.82) is 0 Å². The van der Waals surface area contributed by atoms with Crippen molar-refractivity contribution in [1.82, 2.24) is 0 Å². The van der Waals surface area contributed by atoms with Crippen LogP contribution in [-0.4, -0.2) is 19.5 Å². The topological polar surface area (TPSA) is 35.5 Å². The molecule has 1 aliphatic rings. The van der Waals surface area contributed by atoms with E-state index in [4.69, 9.17) is 9.47 Å². The van der Waals surface area contributed by atoms with Gasteiger partial charge in [-0.3, -0.25) is 4.79 Å². The van der Waals surface area contributed by atoms with Crippen LogP contribution in [0.2, 0.25) is 0 Å². The Hall–Kier alpha value is -3.93. The van der Waals surface area contributed by atoms with Crippen molar-refractivity contribution in [3.8, 4) is 31.7 Å². The molecule has 0 fully saturated rings. The molecule has 6 rings (SSSR count). The van der Waals surface area contributed by atoms with Gasteiger partial charge in [0.05, 0.1) is 19.5 Å². The minimum atomic E-state index is 0.527. The first-order chi connectivity index (χ1) is 20.7. The number of benzene rings is 3. The molecule has 5 heteroatoms. The summed E-state index contributed by atoms with van der Waals surface area (Å²) in [4.78, 5) is 15.8. The minimum absolute atomic E-state index is 0.527. The van der Waals surface area contributed by atoms with E-state index in [9.17, 15) is 4.79 Å². The summed E-state index contributed by atoms with van der Waals surface area (Å²) < 4.78 is 12.4. The highest BCUT2D eigenvalue weighted by Crippen LogP contribution is 2.55. The summed E-state index contributed by atoms with van der Waals surface area (Å²) in [5.41, 5.74) is 7.03. The maximum Gasteiger partial charge on any atom is 0.181 e. The van der Waals surface area contributed by atoms with Gasteiger partial charge in [0.15, 0.2) is 17.8 Å². The second-order valence-corrected chi connectivity index (χ2v) is 12.6. The fraction of sp³-hybridized carbons (Fsp3) is 0.216. The summed E-state index contributed by atoms with van der Waals surface area (Å²) in [5, 5.41) is 0. The van der Waals surface area contributed by atoms with Gasteiger partial charge in [-0.15, -0.1) is 22.7 Å². The fourth-order valence-corrected chi connectivity index (χ4v) is 7.77. The van der Waals surface area contributed by atoms with Crippen molar-refractivity contribution < 1.29 is 14.3 Å². The van der Waals surface area contributed by atoms with Gasteiger partial charge in [-0.05, 0) is 58.4 Å². The van der Waals surface area contributed by atoms with Crippen LogP contribution in [0.1, 0.15) is 64.5 Å². The number of aryl methyl sites for hydroxylation is 1. The van der Waals surface area contributed by atoms with Crippen LogP contribution in [0.4, 0.5) is 0 Å². The highest BCUT2D eigenvalue weighted by Gasteiger charge is 2.28. The van der Waals surface area contributed by atoms with Gasteiger partial charge < -0.3 is 9.47 Å². The molecule has 0 saturated carbocycles. The molecule has 0 aliphatic carbocycles. The van der Waals surface area contributed by atoms with E-state index in [2.05, 4.69) is 91.9 Å². The Kier molecular flexibility index (Phi) is 8.97. The molecule has 0 N–H and O–H groups in total. The van der Waals surface area contributed by atoms with E-state index >= 15 is 0 Å². The average Bonchev–Trinajstić information content (AvgIpc) is 3.64. The maximum absolute atomic E-state index is 11.7. The van der Waals surface area contributed by atoms with E-state index in [0.717, 1.165) is 61.3 Å². The lowest BCUT2D eigenvalue weighted by atomic mass is 9.95. The van der Waals surface area contributed by atoms with Crippen molar-refractivity contribution in [2.45, 2.75) is 39.0 Å². The Morgan fingerprint density at radius 1 is 0.738 bits per heavy atom. The van der Waals surface area contributed by atoms with E-state index in [-0.39, 0.29) is 0 Å². The largest absolute Gasteiger partial charge is 0.485 e. The third-order valence-corrected chi connectivity index (χ3v) is 9.97. The number of unbranched alkanes of at least 4 members (excludes halogenated alkanes) is 3.